The van der Waals surface area contributed by atoms with Gasteiger partial charge in [-0.2, -0.15) is 0 Å². The van der Waals surface area contributed by atoms with Crippen LogP contribution in [0.1, 0.15) is 52.8 Å². The molecule has 252 valence electrons. The summed E-state index contributed by atoms with van der Waals surface area (Å²) in [6, 6.07) is 6.47. The second-order valence-electron chi connectivity index (χ2n) is 11.6. The maximum Gasteiger partial charge on any atom is 0.530 e. The molecule has 0 bridgehead atoms. The normalized spacial score (nSPS) is 19.9. The van der Waals surface area contributed by atoms with Gasteiger partial charge in [-0.05, 0) is 51.3 Å². The summed E-state index contributed by atoms with van der Waals surface area (Å²) in [5.74, 6) is -0.0102. The number of benzene rings is 1. The number of alkyl carbamates (subject to hydrolysis) is 1. The molecule has 0 radical (unpaired) electrons. The van der Waals surface area contributed by atoms with Gasteiger partial charge in [0.05, 0.1) is 25.4 Å². The number of para-hydroxylation sites is 1. The number of carbonyl (C=O) groups is 2. The van der Waals surface area contributed by atoms with Gasteiger partial charge < -0.3 is 19.3 Å². The number of phosphoric ester groups is 1. The molecule has 2 N–H and O–H groups in total. The molecule has 1 amide bonds. The molecule has 1 aromatic heterocycles. The van der Waals surface area contributed by atoms with Crippen LogP contribution >= 0.6 is 19.6 Å². The SMILES string of the molecule is Cc1cn([C@H]2C[C@H](N=[N+]=[N-])[C@@H](COP(=O)(OCCSC(=O)[C@@H](NC(=O)OC(C)(C)C)C(C)C)Oc3ccccc3)O2)c(=O)[nH]c1=O. The summed E-state index contributed by atoms with van der Waals surface area (Å²) in [5, 5.41) is 5.98. The van der Waals surface area contributed by atoms with Crippen molar-refractivity contribution in [2.24, 2.45) is 11.0 Å². The zero-order chi connectivity index (χ0) is 34.1. The van der Waals surface area contributed by atoms with Crippen LogP contribution in [0.3, 0.4) is 0 Å². The van der Waals surface area contributed by atoms with Gasteiger partial charge in [-0.3, -0.25) is 28.2 Å². The fourth-order valence-corrected chi connectivity index (χ4v) is 6.41. The molecule has 46 heavy (non-hydrogen) atoms. The van der Waals surface area contributed by atoms with E-state index in [9.17, 15) is 23.7 Å². The Morgan fingerprint density at radius 3 is 2.57 bits per heavy atom. The first-order valence-corrected chi connectivity index (χ1v) is 16.9. The Hall–Kier alpha value is -3.59. The number of amides is 1. The Morgan fingerprint density at radius 2 is 1.93 bits per heavy atom. The van der Waals surface area contributed by atoms with Gasteiger partial charge in [0.25, 0.3) is 5.56 Å². The van der Waals surface area contributed by atoms with Crippen molar-refractivity contribution in [3.63, 3.8) is 0 Å². The van der Waals surface area contributed by atoms with E-state index < -0.39 is 61.8 Å². The van der Waals surface area contributed by atoms with Crippen LogP contribution in [0.2, 0.25) is 0 Å². The molecule has 5 atom stereocenters. The molecule has 1 aromatic carbocycles. The van der Waals surface area contributed by atoms with Gasteiger partial charge in [0.1, 0.15) is 23.6 Å². The van der Waals surface area contributed by atoms with E-state index in [-0.39, 0.29) is 41.1 Å². The number of hydrogen-bond donors (Lipinski definition) is 2. The number of H-pyrrole nitrogens is 1. The van der Waals surface area contributed by atoms with Crippen molar-refractivity contribution < 1.29 is 37.2 Å². The smallest absolute Gasteiger partial charge is 0.444 e. The lowest BCUT2D eigenvalue weighted by Crippen LogP contribution is -2.45. The first kappa shape index (κ1) is 36.9. The second kappa shape index (κ2) is 16.3. The number of thioether (sulfide) groups is 1. The van der Waals surface area contributed by atoms with Gasteiger partial charge in [-0.15, -0.1) is 0 Å². The molecule has 2 aromatic rings. The van der Waals surface area contributed by atoms with E-state index in [0.29, 0.717) is 0 Å². The first-order valence-electron chi connectivity index (χ1n) is 14.4. The van der Waals surface area contributed by atoms with E-state index in [1.165, 1.54) is 17.7 Å². The minimum absolute atomic E-state index is 0.0430. The number of hydrogen-bond acceptors (Lipinski definition) is 12. The van der Waals surface area contributed by atoms with Crippen LogP contribution in [-0.2, 0) is 27.9 Å². The number of carbonyl (C=O) groups excluding carboxylic acids is 2. The van der Waals surface area contributed by atoms with E-state index >= 15 is 0 Å². The molecule has 0 spiro atoms. The molecular formula is C28H39N6O10PS. The number of azide groups is 1. The van der Waals surface area contributed by atoms with Gasteiger partial charge in [0.2, 0.25) is 5.12 Å². The highest BCUT2D eigenvalue weighted by molar-refractivity contribution is 8.13. The van der Waals surface area contributed by atoms with Crippen LogP contribution in [0.25, 0.3) is 10.4 Å². The second-order valence-corrected chi connectivity index (χ2v) is 14.3. The summed E-state index contributed by atoms with van der Waals surface area (Å²) in [7, 11) is -4.35. The third-order valence-corrected chi connectivity index (χ3v) is 8.70. The molecule has 3 rings (SSSR count). The Balaban J connectivity index is 1.67. The zero-order valence-electron chi connectivity index (χ0n) is 26.4. The highest BCUT2D eigenvalue weighted by Gasteiger charge is 2.39. The minimum atomic E-state index is -4.35. The number of rotatable bonds is 14. The monoisotopic (exact) mass is 682 g/mol. The lowest BCUT2D eigenvalue weighted by Gasteiger charge is -2.25. The highest BCUT2D eigenvalue weighted by Crippen LogP contribution is 2.50. The lowest BCUT2D eigenvalue weighted by atomic mass is 10.1. The fraction of sp³-hybridized carbons (Fsp3) is 0.571. The van der Waals surface area contributed by atoms with Crippen molar-refractivity contribution in [3.05, 3.63) is 73.4 Å². The largest absolute Gasteiger partial charge is 0.530 e. The van der Waals surface area contributed by atoms with Crippen LogP contribution in [0.4, 0.5) is 4.79 Å². The van der Waals surface area contributed by atoms with Crippen LogP contribution in [0.5, 0.6) is 5.75 Å². The van der Waals surface area contributed by atoms with Crippen molar-refractivity contribution in [1.29, 1.82) is 0 Å². The fourth-order valence-electron chi connectivity index (χ4n) is 4.20. The average molecular weight is 683 g/mol. The summed E-state index contributed by atoms with van der Waals surface area (Å²) in [4.78, 5) is 54.4. The van der Waals surface area contributed by atoms with Gasteiger partial charge in [0, 0.05) is 28.8 Å². The molecular weight excluding hydrogens is 643 g/mol. The minimum Gasteiger partial charge on any atom is -0.444 e. The Labute approximate surface area is 269 Å². The number of nitrogens with zero attached hydrogens (tertiary/aromatic N) is 4. The molecule has 1 aliphatic rings. The molecule has 0 saturated carbocycles. The number of ether oxygens (including phenoxy) is 2. The summed E-state index contributed by atoms with van der Waals surface area (Å²) in [6.45, 7) is 9.57. The predicted molar refractivity (Wildman–Crippen MR) is 170 cm³/mol. The molecule has 1 unspecified atom stereocenters. The first-order chi connectivity index (χ1) is 21.6. The Kier molecular flexibility index (Phi) is 13.1. The van der Waals surface area contributed by atoms with Crippen molar-refractivity contribution in [3.8, 4) is 5.75 Å². The van der Waals surface area contributed by atoms with Crippen molar-refractivity contribution in [2.75, 3.05) is 19.0 Å². The van der Waals surface area contributed by atoms with Crippen molar-refractivity contribution in [1.82, 2.24) is 14.9 Å². The van der Waals surface area contributed by atoms with Gasteiger partial charge in [-0.25, -0.2) is 14.2 Å². The third kappa shape index (κ3) is 11.0. The van der Waals surface area contributed by atoms with E-state index in [2.05, 4.69) is 20.3 Å². The number of nitrogens with one attached hydrogen (secondary N) is 2. The molecule has 18 heteroatoms. The lowest BCUT2D eigenvalue weighted by molar-refractivity contribution is -0.113. The number of phosphoric acid groups is 1. The van der Waals surface area contributed by atoms with Crippen LogP contribution in [0, 0.1) is 12.8 Å². The molecule has 1 fully saturated rings. The standard InChI is InChI=1S/C28H39N6O10PS/c1-17(2)23(30-27(38)43-28(4,5)6)25(36)46-13-12-40-45(39,44-19-10-8-7-9-11-19)41-16-21-20(32-33-29)14-22(42-21)34-15-18(3)24(35)31-26(34)37/h7-11,15,17,20-23H,12-14,16H2,1-6H3,(H,30,38)(H,31,35,37)/t20-,21+,22+,23-,45?/m0/s1. The van der Waals surface area contributed by atoms with Gasteiger partial charge in [-0.1, -0.05) is 48.9 Å². The summed E-state index contributed by atoms with van der Waals surface area (Å²) in [5.41, 5.74) is 7.38. The molecule has 0 aliphatic carbocycles. The molecule has 1 saturated heterocycles. The summed E-state index contributed by atoms with van der Waals surface area (Å²) < 4.78 is 42.9. The van der Waals surface area contributed by atoms with E-state index in [0.717, 1.165) is 11.8 Å². The molecule has 2 heterocycles. The zero-order valence-corrected chi connectivity index (χ0v) is 28.1. The Bertz CT molecular complexity index is 1570. The summed E-state index contributed by atoms with van der Waals surface area (Å²) >= 11 is 0.868. The highest BCUT2D eigenvalue weighted by atomic mass is 32.2. The maximum atomic E-state index is 13.8. The molecule has 16 nitrogen and oxygen atoms in total. The van der Waals surface area contributed by atoms with Crippen LogP contribution in [0.15, 0.2) is 51.2 Å². The van der Waals surface area contributed by atoms with E-state index in [1.807, 2.05) is 0 Å². The topological polar surface area (TPSA) is 213 Å². The number of aryl methyl sites for hydroxylation is 1. The predicted octanol–water partition coefficient (Wildman–Crippen LogP) is 4.84. The number of aromatic amines is 1. The van der Waals surface area contributed by atoms with Crippen molar-refractivity contribution in [2.45, 2.75) is 78.0 Å². The summed E-state index contributed by atoms with van der Waals surface area (Å²) in [6.07, 6.45) is -1.19. The van der Waals surface area contributed by atoms with Gasteiger partial charge >= 0.3 is 19.6 Å². The molecule has 1 aliphatic heterocycles. The van der Waals surface area contributed by atoms with E-state index in [1.54, 1.807) is 65.0 Å². The van der Waals surface area contributed by atoms with Gasteiger partial charge in [0.15, 0.2) is 0 Å². The maximum absolute atomic E-state index is 13.8. The van der Waals surface area contributed by atoms with Crippen LogP contribution < -0.4 is 21.1 Å². The third-order valence-electron chi connectivity index (χ3n) is 6.39. The van der Waals surface area contributed by atoms with Crippen LogP contribution in [-0.4, -0.2) is 63.5 Å². The Morgan fingerprint density at radius 1 is 1.24 bits per heavy atom. The average Bonchev–Trinajstić information content (AvgIpc) is 3.37. The van der Waals surface area contributed by atoms with E-state index in [4.69, 9.17) is 28.6 Å². The number of aromatic nitrogens is 2. The van der Waals surface area contributed by atoms with Crippen molar-refractivity contribution >= 4 is 30.8 Å². The quantitative estimate of drug-likeness (QED) is 0.0904.